The minimum atomic E-state index is -0.525. The van der Waals surface area contributed by atoms with E-state index in [0.717, 1.165) is 6.42 Å². The van der Waals surface area contributed by atoms with Crippen molar-refractivity contribution < 1.29 is 19.1 Å². The zero-order valence-electron chi connectivity index (χ0n) is 12.8. The largest absolute Gasteiger partial charge is 0.465 e. The second-order valence-corrected chi connectivity index (χ2v) is 5.08. The van der Waals surface area contributed by atoms with Crippen molar-refractivity contribution in [1.29, 1.82) is 0 Å². The SMILES string of the molecule is CCCN(CC(=O)Nc1cc(C(=O)OC)ccc1Cl)C(C)=O. The van der Waals surface area contributed by atoms with Gasteiger partial charge in [0.05, 0.1) is 29.9 Å². The van der Waals surface area contributed by atoms with E-state index in [1.54, 1.807) is 0 Å². The fraction of sp³-hybridized carbons (Fsp3) is 0.400. The molecule has 0 aromatic heterocycles. The van der Waals surface area contributed by atoms with Gasteiger partial charge in [0.25, 0.3) is 0 Å². The summed E-state index contributed by atoms with van der Waals surface area (Å²) in [6, 6.07) is 4.44. The van der Waals surface area contributed by atoms with Crippen LogP contribution in [-0.4, -0.2) is 42.9 Å². The number of esters is 1. The predicted molar refractivity (Wildman–Crippen MR) is 84.0 cm³/mol. The minimum Gasteiger partial charge on any atom is -0.465 e. The Bertz CT molecular complexity index is 575. The highest BCUT2D eigenvalue weighted by atomic mass is 35.5. The Hall–Kier alpha value is -2.08. The van der Waals surface area contributed by atoms with Crippen LogP contribution in [0.25, 0.3) is 0 Å². The zero-order chi connectivity index (χ0) is 16.7. The average molecular weight is 327 g/mol. The fourth-order valence-electron chi connectivity index (χ4n) is 1.85. The number of benzene rings is 1. The molecule has 2 amide bonds. The van der Waals surface area contributed by atoms with Crippen molar-refractivity contribution in [3.05, 3.63) is 28.8 Å². The highest BCUT2D eigenvalue weighted by molar-refractivity contribution is 6.33. The predicted octanol–water partition coefficient (Wildman–Crippen LogP) is 2.32. The number of carbonyl (C=O) groups is 3. The van der Waals surface area contributed by atoms with Crippen molar-refractivity contribution in [2.75, 3.05) is 25.5 Å². The van der Waals surface area contributed by atoms with E-state index in [1.807, 2.05) is 6.92 Å². The summed E-state index contributed by atoms with van der Waals surface area (Å²) in [4.78, 5) is 36.4. The van der Waals surface area contributed by atoms with Crippen LogP contribution >= 0.6 is 11.6 Å². The molecule has 0 spiro atoms. The number of anilines is 1. The first-order valence-corrected chi connectivity index (χ1v) is 7.20. The first kappa shape index (κ1) is 18.0. The van der Waals surface area contributed by atoms with Crippen LogP contribution in [0.15, 0.2) is 18.2 Å². The lowest BCUT2D eigenvalue weighted by molar-refractivity contribution is -0.132. The van der Waals surface area contributed by atoms with Gasteiger partial charge in [0, 0.05) is 13.5 Å². The quantitative estimate of drug-likeness (QED) is 0.814. The van der Waals surface area contributed by atoms with E-state index >= 15 is 0 Å². The molecule has 0 aliphatic heterocycles. The van der Waals surface area contributed by atoms with Gasteiger partial charge < -0.3 is 15.0 Å². The Kier molecular flexibility index (Phi) is 6.85. The molecule has 6 nitrogen and oxygen atoms in total. The van der Waals surface area contributed by atoms with E-state index in [0.29, 0.717) is 17.3 Å². The molecule has 7 heteroatoms. The summed E-state index contributed by atoms with van der Waals surface area (Å²) in [5.41, 5.74) is 0.578. The van der Waals surface area contributed by atoms with Crippen molar-refractivity contribution >= 4 is 35.1 Å². The van der Waals surface area contributed by atoms with Crippen LogP contribution in [0, 0.1) is 0 Å². The number of halogens is 1. The second-order valence-electron chi connectivity index (χ2n) is 4.67. The number of nitrogens with zero attached hydrogens (tertiary/aromatic N) is 1. The number of nitrogens with one attached hydrogen (secondary N) is 1. The molecule has 0 aliphatic carbocycles. The summed E-state index contributed by atoms with van der Waals surface area (Å²) in [5.74, 6) is -1.08. The molecular formula is C15H19ClN2O4. The van der Waals surface area contributed by atoms with Gasteiger partial charge in [-0.05, 0) is 24.6 Å². The van der Waals surface area contributed by atoms with Crippen LogP contribution in [0.2, 0.25) is 5.02 Å². The van der Waals surface area contributed by atoms with E-state index in [4.69, 9.17) is 11.6 Å². The number of rotatable bonds is 6. The number of hydrogen-bond donors (Lipinski definition) is 1. The van der Waals surface area contributed by atoms with Gasteiger partial charge in [-0.3, -0.25) is 9.59 Å². The van der Waals surface area contributed by atoms with Crippen molar-refractivity contribution in [2.45, 2.75) is 20.3 Å². The Morgan fingerprint density at radius 3 is 2.55 bits per heavy atom. The smallest absolute Gasteiger partial charge is 0.337 e. The summed E-state index contributed by atoms with van der Waals surface area (Å²) >= 11 is 6.00. The van der Waals surface area contributed by atoms with Gasteiger partial charge in [0.2, 0.25) is 11.8 Å². The summed E-state index contributed by atoms with van der Waals surface area (Å²) in [7, 11) is 1.27. The van der Waals surface area contributed by atoms with E-state index in [9.17, 15) is 14.4 Å². The van der Waals surface area contributed by atoms with Gasteiger partial charge in [-0.15, -0.1) is 0 Å². The maximum absolute atomic E-state index is 12.0. The minimum absolute atomic E-state index is 0.0675. The molecule has 0 aliphatic rings. The molecule has 0 fully saturated rings. The summed E-state index contributed by atoms with van der Waals surface area (Å²) in [6.07, 6.45) is 0.755. The molecule has 0 saturated carbocycles. The first-order chi connectivity index (χ1) is 10.4. The number of methoxy groups -OCH3 is 1. The molecule has 0 bridgehead atoms. The van der Waals surface area contributed by atoms with E-state index < -0.39 is 5.97 Å². The standard InChI is InChI=1S/C15H19ClN2O4/c1-4-7-18(10(2)19)9-14(20)17-13-8-11(15(21)22-3)5-6-12(13)16/h5-6,8H,4,7,9H2,1-3H3,(H,17,20). The second kappa shape index (κ2) is 8.38. The van der Waals surface area contributed by atoms with Crippen molar-refractivity contribution in [1.82, 2.24) is 4.90 Å². The Morgan fingerprint density at radius 2 is 2.00 bits per heavy atom. The van der Waals surface area contributed by atoms with Crippen molar-refractivity contribution in [3.63, 3.8) is 0 Å². The molecule has 0 saturated heterocycles. The Morgan fingerprint density at radius 1 is 1.32 bits per heavy atom. The third-order valence-electron chi connectivity index (χ3n) is 2.93. The lowest BCUT2D eigenvalue weighted by Gasteiger charge is -2.19. The maximum Gasteiger partial charge on any atom is 0.337 e. The average Bonchev–Trinajstić information content (AvgIpc) is 2.48. The molecule has 120 valence electrons. The van der Waals surface area contributed by atoms with Crippen LogP contribution in [0.3, 0.4) is 0 Å². The van der Waals surface area contributed by atoms with Crippen molar-refractivity contribution in [3.8, 4) is 0 Å². The van der Waals surface area contributed by atoms with Gasteiger partial charge in [-0.25, -0.2) is 4.79 Å². The number of hydrogen-bond acceptors (Lipinski definition) is 4. The Labute approximate surface area is 134 Å². The highest BCUT2D eigenvalue weighted by Crippen LogP contribution is 2.23. The van der Waals surface area contributed by atoms with E-state index in [-0.39, 0.29) is 23.9 Å². The van der Waals surface area contributed by atoms with E-state index in [2.05, 4.69) is 10.1 Å². The molecule has 1 aromatic rings. The zero-order valence-corrected chi connectivity index (χ0v) is 13.6. The molecule has 0 radical (unpaired) electrons. The highest BCUT2D eigenvalue weighted by Gasteiger charge is 2.15. The molecule has 1 N–H and O–H groups in total. The van der Waals surface area contributed by atoms with Gasteiger partial charge >= 0.3 is 5.97 Å². The lowest BCUT2D eigenvalue weighted by atomic mass is 10.2. The van der Waals surface area contributed by atoms with Crippen LogP contribution in [0.1, 0.15) is 30.6 Å². The van der Waals surface area contributed by atoms with Crippen LogP contribution < -0.4 is 5.32 Å². The van der Waals surface area contributed by atoms with Crippen LogP contribution in [0.4, 0.5) is 5.69 Å². The molecule has 1 rings (SSSR count). The lowest BCUT2D eigenvalue weighted by Crippen LogP contribution is -2.37. The normalized spacial score (nSPS) is 10.0. The van der Waals surface area contributed by atoms with Gasteiger partial charge in [-0.1, -0.05) is 18.5 Å². The molecular weight excluding hydrogens is 308 g/mol. The van der Waals surface area contributed by atoms with Crippen LogP contribution in [0.5, 0.6) is 0 Å². The molecule has 1 aromatic carbocycles. The monoisotopic (exact) mass is 326 g/mol. The van der Waals surface area contributed by atoms with Gasteiger partial charge in [0.15, 0.2) is 0 Å². The fourth-order valence-corrected chi connectivity index (χ4v) is 2.01. The number of amides is 2. The molecule has 0 heterocycles. The van der Waals surface area contributed by atoms with Crippen molar-refractivity contribution in [2.24, 2.45) is 0 Å². The van der Waals surface area contributed by atoms with E-state index in [1.165, 1.54) is 37.1 Å². The first-order valence-electron chi connectivity index (χ1n) is 6.82. The molecule has 22 heavy (non-hydrogen) atoms. The maximum atomic E-state index is 12.0. The van der Waals surface area contributed by atoms with Crippen LogP contribution in [-0.2, 0) is 14.3 Å². The topological polar surface area (TPSA) is 75.7 Å². The van der Waals surface area contributed by atoms with Gasteiger partial charge in [-0.2, -0.15) is 0 Å². The third-order valence-corrected chi connectivity index (χ3v) is 3.26. The summed E-state index contributed by atoms with van der Waals surface area (Å²) < 4.78 is 4.62. The number of ether oxygens (including phenoxy) is 1. The third kappa shape index (κ3) is 5.04. The molecule has 0 atom stereocenters. The number of carbonyl (C=O) groups excluding carboxylic acids is 3. The van der Waals surface area contributed by atoms with Gasteiger partial charge in [0.1, 0.15) is 0 Å². The summed E-state index contributed by atoms with van der Waals surface area (Å²) in [6.45, 7) is 3.76. The summed E-state index contributed by atoms with van der Waals surface area (Å²) in [5, 5.41) is 2.90. The molecule has 0 unspecified atom stereocenters. The Balaban J connectivity index is 2.83.